The molecule has 0 saturated heterocycles. The van der Waals surface area contributed by atoms with Gasteiger partial charge in [0.1, 0.15) is 4.88 Å². The van der Waals surface area contributed by atoms with Crippen LogP contribution in [0, 0.1) is 0 Å². The summed E-state index contributed by atoms with van der Waals surface area (Å²) in [6, 6.07) is 9.66. The first-order chi connectivity index (χ1) is 9.75. The average molecular weight is 287 g/mol. The summed E-state index contributed by atoms with van der Waals surface area (Å²) in [6.07, 6.45) is 3.30. The predicted octanol–water partition coefficient (Wildman–Crippen LogP) is 3.48. The molecule has 2 heterocycles. The molecular weight excluding hydrogens is 274 g/mol. The lowest BCUT2D eigenvalue weighted by Gasteiger charge is -2.04. The summed E-state index contributed by atoms with van der Waals surface area (Å²) in [7, 11) is 0. The van der Waals surface area contributed by atoms with Crippen molar-refractivity contribution in [1.29, 1.82) is 0 Å². The van der Waals surface area contributed by atoms with E-state index in [-0.39, 0.29) is 0 Å². The second kappa shape index (κ2) is 5.48. The third-order valence-electron chi connectivity index (χ3n) is 3.10. The lowest BCUT2D eigenvalue weighted by Crippen LogP contribution is -2.14. The molecular formula is C15H13NO3S. The van der Waals surface area contributed by atoms with E-state index in [0.29, 0.717) is 18.0 Å². The second-order valence-corrected chi connectivity index (χ2v) is 5.50. The van der Waals surface area contributed by atoms with Gasteiger partial charge in [0.2, 0.25) is 0 Å². The van der Waals surface area contributed by atoms with Gasteiger partial charge in [-0.3, -0.25) is 0 Å². The zero-order valence-electron chi connectivity index (χ0n) is 10.6. The number of furan rings is 1. The van der Waals surface area contributed by atoms with E-state index >= 15 is 0 Å². The Balaban J connectivity index is 1.85. The SMILES string of the molecule is O=C(O)c1sc2ccccc2c1CNCc1ccoc1. The molecule has 0 aliphatic carbocycles. The Morgan fingerprint density at radius 2 is 2.10 bits per heavy atom. The van der Waals surface area contributed by atoms with Crippen LogP contribution in [-0.2, 0) is 13.1 Å². The number of hydrogen-bond acceptors (Lipinski definition) is 4. The molecule has 3 rings (SSSR count). The minimum Gasteiger partial charge on any atom is -0.477 e. The molecule has 20 heavy (non-hydrogen) atoms. The molecule has 0 aliphatic rings. The molecule has 0 aliphatic heterocycles. The number of carboxylic acids is 1. The van der Waals surface area contributed by atoms with Crippen molar-refractivity contribution in [1.82, 2.24) is 5.32 Å². The number of benzene rings is 1. The molecule has 1 aromatic carbocycles. The maximum absolute atomic E-state index is 11.4. The highest BCUT2D eigenvalue weighted by Crippen LogP contribution is 2.31. The largest absolute Gasteiger partial charge is 0.477 e. The number of carboxylic acid groups (broad SMARTS) is 1. The lowest BCUT2D eigenvalue weighted by atomic mass is 10.1. The topological polar surface area (TPSA) is 62.5 Å². The van der Waals surface area contributed by atoms with Gasteiger partial charge in [-0.05, 0) is 23.1 Å². The monoisotopic (exact) mass is 287 g/mol. The third-order valence-corrected chi connectivity index (χ3v) is 4.30. The van der Waals surface area contributed by atoms with Crippen LogP contribution in [0.1, 0.15) is 20.8 Å². The number of hydrogen-bond donors (Lipinski definition) is 2. The van der Waals surface area contributed by atoms with E-state index in [9.17, 15) is 9.90 Å². The zero-order valence-corrected chi connectivity index (χ0v) is 11.4. The molecule has 0 saturated carbocycles. The van der Waals surface area contributed by atoms with Gasteiger partial charge in [-0.1, -0.05) is 18.2 Å². The predicted molar refractivity (Wildman–Crippen MR) is 78.0 cm³/mol. The summed E-state index contributed by atoms with van der Waals surface area (Å²) in [5.74, 6) is -0.869. The number of carbonyl (C=O) groups is 1. The summed E-state index contributed by atoms with van der Waals surface area (Å²) >= 11 is 1.32. The van der Waals surface area contributed by atoms with Crippen LogP contribution >= 0.6 is 11.3 Å². The summed E-state index contributed by atoms with van der Waals surface area (Å²) in [6.45, 7) is 1.18. The minimum atomic E-state index is -0.869. The fourth-order valence-corrected chi connectivity index (χ4v) is 3.23. The van der Waals surface area contributed by atoms with Crippen LogP contribution in [0.25, 0.3) is 10.1 Å². The van der Waals surface area contributed by atoms with Crippen LogP contribution in [0.5, 0.6) is 0 Å². The van der Waals surface area contributed by atoms with Gasteiger partial charge in [-0.15, -0.1) is 11.3 Å². The van der Waals surface area contributed by atoms with E-state index in [1.807, 2.05) is 30.3 Å². The number of nitrogens with one attached hydrogen (secondary N) is 1. The molecule has 0 bridgehead atoms. The van der Waals surface area contributed by atoms with Crippen LogP contribution in [0.15, 0.2) is 47.3 Å². The fraction of sp³-hybridized carbons (Fsp3) is 0.133. The summed E-state index contributed by atoms with van der Waals surface area (Å²) < 4.78 is 6.01. The molecule has 0 fully saturated rings. The maximum atomic E-state index is 11.4. The molecule has 0 unspecified atom stereocenters. The highest BCUT2D eigenvalue weighted by Gasteiger charge is 2.16. The first-order valence-electron chi connectivity index (χ1n) is 6.21. The zero-order chi connectivity index (χ0) is 13.9. The van der Waals surface area contributed by atoms with E-state index in [0.717, 1.165) is 21.2 Å². The van der Waals surface area contributed by atoms with E-state index < -0.39 is 5.97 Å². The van der Waals surface area contributed by atoms with Crippen molar-refractivity contribution >= 4 is 27.4 Å². The lowest BCUT2D eigenvalue weighted by molar-refractivity contribution is 0.0701. The Bertz CT molecular complexity index is 731. The Morgan fingerprint density at radius 3 is 2.85 bits per heavy atom. The van der Waals surface area contributed by atoms with E-state index in [1.165, 1.54) is 11.3 Å². The quantitative estimate of drug-likeness (QED) is 0.754. The van der Waals surface area contributed by atoms with Crippen LogP contribution in [0.4, 0.5) is 0 Å². The Labute approximate surface area is 119 Å². The van der Waals surface area contributed by atoms with Gasteiger partial charge in [-0.2, -0.15) is 0 Å². The van der Waals surface area contributed by atoms with Crippen molar-refractivity contribution in [2.75, 3.05) is 0 Å². The van der Waals surface area contributed by atoms with Crippen LogP contribution < -0.4 is 5.32 Å². The Kier molecular flexibility index (Phi) is 3.54. The molecule has 3 aromatic rings. The van der Waals surface area contributed by atoms with Crippen LogP contribution in [0.2, 0.25) is 0 Å². The highest BCUT2D eigenvalue weighted by atomic mass is 32.1. The molecule has 0 atom stereocenters. The highest BCUT2D eigenvalue weighted by molar-refractivity contribution is 7.21. The van der Waals surface area contributed by atoms with Crippen molar-refractivity contribution in [2.24, 2.45) is 0 Å². The van der Waals surface area contributed by atoms with Gasteiger partial charge in [0, 0.05) is 23.4 Å². The molecule has 0 amide bonds. The van der Waals surface area contributed by atoms with Gasteiger partial charge >= 0.3 is 5.97 Å². The van der Waals surface area contributed by atoms with Gasteiger partial charge in [0.15, 0.2) is 0 Å². The van der Waals surface area contributed by atoms with Gasteiger partial charge < -0.3 is 14.8 Å². The molecule has 4 nitrogen and oxygen atoms in total. The van der Waals surface area contributed by atoms with E-state index in [4.69, 9.17) is 4.42 Å². The number of thiophene rings is 1. The molecule has 0 spiro atoms. The van der Waals surface area contributed by atoms with Crippen molar-refractivity contribution in [3.05, 3.63) is 58.9 Å². The molecule has 0 radical (unpaired) electrons. The van der Waals surface area contributed by atoms with Crippen LogP contribution in [-0.4, -0.2) is 11.1 Å². The molecule has 5 heteroatoms. The Morgan fingerprint density at radius 1 is 1.25 bits per heavy atom. The number of rotatable bonds is 5. The molecule has 2 N–H and O–H groups in total. The van der Waals surface area contributed by atoms with Crippen molar-refractivity contribution in [3.8, 4) is 0 Å². The smallest absolute Gasteiger partial charge is 0.346 e. The summed E-state index contributed by atoms with van der Waals surface area (Å²) in [4.78, 5) is 11.8. The van der Waals surface area contributed by atoms with E-state index in [1.54, 1.807) is 12.5 Å². The van der Waals surface area contributed by atoms with Gasteiger partial charge in [0.05, 0.1) is 12.5 Å². The van der Waals surface area contributed by atoms with Crippen molar-refractivity contribution in [2.45, 2.75) is 13.1 Å². The molecule has 102 valence electrons. The summed E-state index contributed by atoms with van der Waals surface area (Å²) in [5.41, 5.74) is 1.89. The Hall–Kier alpha value is -2.11. The van der Waals surface area contributed by atoms with Crippen molar-refractivity contribution < 1.29 is 14.3 Å². The van der Waals surface area contributed by atoms with E-state index in [2.05, 4.69) is 5.32 Å². The number of fused-ring (bicyclic) bond motifs is 1. The minimum absolute atomic E-state index is 0.408. The second-order valence-electron chi connectivity index (χ2n) is 4.45. The van der Waals surface area contributed by atoms with Crippen LogP contribution in [0.3, 0.4) is 0 Å². The molecule has 2 aromatic heterocycles. The first-order valence-corrected chi connectivity index (χ1v) is 7.03. The summed E-state index contributed by atoms with van der Waals surface area (Å²) in [5, 5.41) is 13.6. The average Bonchev–Trinajstić information content (AvgIpc) is 3.07. The van der Waals surface area contributed by atoms with Gasteiger partial charge in [-0.25, -0.2) is 4.79 Å². The third kappa shape index (κ3) is 2.45. The van der Waals surface area contributed by atoms with Crippen molar-refractivity contribution in [3.63, 3.8) is 0 Å². The maximum Gasteiger partial charge on any atom is 0.346 e. The van der Waals surface area contributed by atoms with Gasteiger partial charge in [0.25, 0.3) is 0 Å². The first kappa shape index (κ1) is 12.9. The standard InChI is InChI=1S/C15H13NO3S/c17-15(18)14-12(8-16-7-10-5-6-19-9-10)11-3-1-2-4-13(11)20-14/h1-6,9,16H,7-8H2,(H,17,18). The fourth-order valence-electron chi connectivity index (χ4n) is 2.17. The normalized spacial score (nSPS) is 11.0. The number of aromatic carboxylic acids is 1.